The zero-order valence-corrected chi connectivity index (χ0v) is 18.5. The maximum Gasteiger partial charge on any atom is 0.338 e. The Morgan fingerprint density at radius 3 is 2.35 bits per heavy atom. The van der Waals surface area contributed by atoms with Crippen LogP contribution >= 0.6 is 23.2 Å². The standard InChI is InChI=1S/C20H17Cl2N3O5S/c1-2-11-30-20(27)13-3-5-14(6-4-13)24-31(28,29)16-9-7-15(8-10-16)25-19(26)18(22)17(21)12-23-25/h3-10,12,24H,2,11H2,1H3. The van der Waals surface area contributed by atoms with Gasteiger partial charge in [0.1, 0.15) is 5.02 Å². The van der Waals surface area contributed by atoms with Crippen molar-refractivity contribution in [3.8, 4) is 5.69 Å². The number of carbonyl (C=O) groups is 1. The second-order valence-corrected chi connectivity index (χ2v) is 8.80. The van der Waals surface area contributed by atoms with Gasteiger partial charge in [-0.05, 0) is 55.0 Å². The second kappa shape index (κ2) is 9.51. The Hall–Kier alpha value is -2.88. The highest BCUT2D eigenvalue weighted by molar-refractivity contribution is 7.92. The van der Waals surface area contributed by atoms with Crippen LogP contribution in [-0.2, 0) is 14.8 Å². The summed E-state index contributed by atoms with van der Waals surface area (Å²) in [5.74, 6) is -0.474. The number of nitrogens with zero attached hydrogens (tertiary/aromatic N) is 2. The van der Waals surface area contributed by atoms with Crippen LogP contribution < -0.4 is 10.3 Å². The highest BCUT2D eigenvalue weighted by atomic mass is 35.5. The SMILES string of the molecule is CCCOC(=O)c1ccc(NS(=O)(=O)c2ccc(-n3ncc(Cl)c(Cl)c3=O)cc2)cc1. The molecular weight excluding hydrogens is 465 g/mol. The Bertz CT molecular complexity index is 1260. The molecule has 0 saturated heterocycles. The van der Waals surface area contributed by atoms with E-state index >= 15 is 0 Å². The van der Waals surface area contributed by atoms with Crippen molar-refractivity contribution >= 4 is 44.9 Å². The van der Waals surface area contributed by atoms with Crippen LogP contribution in [0.3, 0.4) is 0 Å². The molecule has 0 bridgehead atoms. The van der Waals surface area contributed by atoms with Crippen LogP contribution in [0.15, 0.2) is 64.4 Å². The first-order chi connectivity index (χ1) is 14.7. The van der Waals surface area contributed by atoms with Crippen LogP contribution in [0.2, 0.25) is 10.0 Å². The number of hydrogen-bond donors (Lipinski definition) is 1. The number of esters is 1. The highest BCUT2D eigenvalue weighted by Gasteiger charge is 2.16. The van der Waals surface area contributed by atoms with Crippen LogP contribution in [0.1, 0.15) is 23.7 Å². The summed E-state index contributed by atoms with van der Waals surface area (Å²) in [6, 6.07) is 11.4. The number of carbonyl (C=O) groups excluding carboxylic acids is 1. The van der Waals surface area contributed by atoms with E-state index in [4.69, 9.17) is 27.9 Å². The molecule has 0 radical (unpaired) electrons. The van der Waals surface area contributed by atoms with E-state index in [1.54, 1.807) is 0 Å². The van der Waals surface area contributed by atoms with E-state index in [9.17, 15) is 18.0 Å². The molecule has 3 aromatic rings. The van der Waals surface area contributed by atoms with Crippen LogP contribution in [0.25, 0.3) is 5.69 Å². The number of benzene rings is 2. The fourth-order valence-electron chi connectivity index (χ4n) is 2.53. The van der Waals surface area contributed by atoms with E-state index in [1.165, 1.54) is 54.7 Å². The zero-order chi connectivity index (χ0) is 22.6. The predicted molar refractivity (Wildman–Crippen MR) is 118 cm³/mol. The molecule has 0 unspecified atom stereocenters. The molecule has 2 aromatic carbocycles. The van der Waals surface area contributed by atoms with Gasteiger partial charge in [-0.15, -0.1) is 0 Å². The summed E-state index contributed by atoms with van der Waals surface area (Å²) in [6.45, 7) is 2.20. The molecule has 11 heteroatoms. The molecule has 162 valence electrons. The summed E-state index contributed by atoms with van der Waals surface area (Å²) >= 11 is 11.6. The molecule has 1 heterocycles. The third-order valence-electron chi connectivity index (χ3n) is 4.08. The highest BCUT2D eigenvalue weighted by Crippen LogP contribution is 2.20. The lowest BCUT2D eigenvalue weighted by Crippen LogP contribution is -2.21. The van der Waals surface area contributed by atoms with Crippen LogP contribution in [0, 0.1) is 0 Å². The number of anilines is 1. The molecule has 3 rings (SSSR count). The molecule has 0 atom stereocenters. The smallest absolute Gasteiger partial charge is 0.338 e. The van der Waals surface area contributed by atoms with E-state index in [1.807, 2.05) is 6.92 Å². The predicted octanol–water partition coefficient (Wildman–Crippen LogP) is 3.91. The number of nitrogens with one attached hydrogen (secondary N) is 1. The van der Waals surface area contributed by atoms with E-state index in [-0.39, 0.29) is 20.6 Å². The largest absolute Gasteiger partial charge is 0.462 e. The number of aromatic nitrogens is 2. The Morgan fingerprint density at radius 2 is 1.74 bits per heavy atom. The molecule has 1 aromatic heterocycles. The summed E-state index contributed by atoms with van der Waals surface area (Å²) in [6.07, 6.45) is 1.93. The fourth-order valence-corrected chi connectivity index (χ4v) is 3.84. The van der Waals surface area contributed by atoms with Gasteiger partial charge in [0.15, 0.2) is 0 Å². The third-order valence-corrected chi connectivity index (χ3v) is 6.22. The minimum Gasteiger partial charge on any atom is -0.462 e. The van der Waals surface area contributed by atoms with Gasteiger partial charge in [0.05, 0.1) is 34.0 Å². The molecule has 0 aliphatic rings. The monoisotopic (exact) mass is 481 g/mol. The minimum atomic E-state index is -3.91. The van der Waals surface area contributed by atoms with Crippen molar-refractivity contribution in [3.63, 3.8) is 0 Å². The number of halogens is 2. The number of rotatable bonds is 7. The van der Waals surface area contributed by atoms with Gasteiger partial charge in [-0.2, -0.15) is 9.78 Å². The summed E-state index contributed by atoms with van der Waals surface area (Å²) in [5, 5.41) is 3.74. The van der Waals surface area contributed by atoms with Crippen LogP contribution in [0.5, 0.6) is 0 Å². The van der Waals surface area contributed by atoms with Crippen LogP contribution in [0.4, 0.5) is 5.69 Å². The lowest BCUT2D eigenvalue weighted by molar-refractivity contribution is 0.0505. The van der Waals surface area contributed by atoms with E-state index < -0.39 is 21.6 Å². The Kier molecular flexibility index (Phi) is 6.99. The molecule has 0 spiro atoms. The van der Waals surface area contributed by atoms with Gasteiger partial charge in [-0.1, -0.05) is 30.1 Å². The molecule has 0 saturated carbocycles. The normalized spacial score (nSPS) is 11.2. The molecular formula is C20H17Cl2N3O5S. The maximum atomic E-state index is 12.6. The molecule has 0 amide bonds. The lowest BCUT2D eigenvalue weighted by atomic mass is 10.2. The first-order valence-corrected chi connectivity index (χ1v) is 11.3. The maximum absolute atomic E-state index is 12.6. The first-order valence-electron chi connectivity index (χ1n) is 9.06. The molecule has 0 aliphatic carbocycles. The summed E-state index contributed by atoms with van der Waals surface area (Å²) in [7, 11) is -3.91. The fraction of sp³-hybridized carbons (Fsp3) is 0.150. The summed E-state index contributed by atoms with van der Waals surface area (Å²) in [5.41, 5.74) is 0.289. The van der Waals surface area contributed by atoms with Crippen molar-refractivity contribution < 1.29 is 17.9 Å². The van der Waals surface area contributed by atoms with Gasteiger partial charge in [0.2, 0.25) is 0 Å². The number of ether oxygens (including phenoxy) is 1. The van der Waals surface area contributed by atoms with Crippen molar-refractivity contribution in [3.05, 3.63) is 80.7 Å². The van der Waals surface area contributed by atoms with Gasteiger partial charge < -0.3 is 4.74 Å². The molecule has 8 nitrogen and oxygen atoms in total. The average Bonchev–Trinajstić information content (AvgIpc) is 2.76. The second-order valence-electron chi connectivity index (χ2n) is 6.34. The zero-order valence-electron chi connectivity index (χ0n) is 16.2. The lowest BCUT2D eigenvalue weighted by Gasteiger charge is -2.10. The van der Waals surface area contributed by atoms with Gasteiger partial charge in [-0.3, -0.25) is 9.52 Å². The van der Waals surface area contributed by atoms with Gasteiger partial charge in [0, 0.05) is 5.69 Å². The van der Waals surface area contributed by atoms with Crippen molar-refractivity contribution in [1.82, 2.24) is 9.78 Å². The summed E-state index contributed by atoms with van der Waals surface area (Å²) < 4.78 is 33.8. The Balaban J connectivity index is 1.78. The van der Waals surface area contributed by atoms with Crippen LogP contribution in [-0.4, -0.2) is 30.8 Å². The Morgan fingerprint density at radius 1 is 1.10 bits per heavy atom. The van der Waals surface area contributed by atoms with E-state index in [2.05, 4.69) is 9.82 Å². The average molecular weight is 482 g/mol. The van der Waals surface area contributed by atoms with Crippen molar-refractivity contribution in [2.45, 2.75) is 18.2 Å². The van der Waals surface area contributed by atoms with Gasteiger partial charge >= 0.3 is 5.97 Å². The number of hydrogen-bond acceptors (Lipinski definition) is 6. The molecule has 0 aliphatic heterocycles. The van der Waals surface area contributed by atoms with Crippen molar-refractivity contribution in [2.75, 3.05) is 11.3 Å². The van der Waals surface area contributed by atoms with Crippen molar-refractivity contribution in [1.29, 1.82) is 0 Å². The van der Waals surface area contributed by atoms with E-state index in [0.29, 0.717) is 24.3 Å². The topological polar surface area (TPSA) is 107 Å². The number of sulfonamides is 1. The molecule has 0 fully saturated rings. The quantitative estimate of drug-likeness (QED) is 0.512. The first kappa shape index (κ1) is 22.8. The van der Waals surface area contributed by atoms with Gasteiger partial charge in [0.25, 0.3) is 15.6 Å². The van der Waals surface area contributed by atoms with Crippen molar-refractivity contribution in [2.24, 2.45) is 0 Å². The Labute approximate surface area is 188 Å². The van der Waals surface area contributed by atoms with E-state index in [0.717, 1.165) is 4.68 Å². The molecule has 1 N–H and O–H groups in total. The molecule has 31 heavy (non-hydrogen) atoms. The summed E-state index contributed by atoms with van der Waals surface area (Å²) in [4.78, 5) is 24.0. The van der Waals surface area contributed by atoms with Gasteiger partial charge in [-0.25, -0.2) is 13.2 Å². The third kappa shape index (κ3) is 5.25. The minimum absolute atomic E-state index is 0.0240.